The van der Waals surface area contributed by atoms with Gasteiger partial charge in [0.25, 0.3) is 0 Å². The number of pyridine rings is 1. The number of methoxy groups -OCH3 is 1. The number of benzene rings is 1. The standard InChI is InChI=1S/C14H16FN3O/c1-3-16-14-9-11(6-7-17-14)18-10-4-5-12(15)13(8-10)19-2/h4-9H,3H2,1-2H3,(H2,16,17,18). The van der Waals surface area contributed by atoms with Gasteiger partial charge in [0, 0.05) is 36.2 Å². The van der Waals surface area contributed by atoms with Crippen LogP contribution in [0.25, 0.3) is 0 Å². The van der Waals surface area contributed by atoms with Gasteiger partial charge in [0.05, 0.1) is 7.11 Å². The van der Waals surface area contributed by atoms with Gasteiger partial charge >= 0.3 is 0 Å². The Balaban J connectivity index is 2.18. The molecule has 0 aliphatic rings. The van der Waals surface area contributed by atoms with Crippen molar-refractivity contribution in [3.8, 4) is 5.75 Å². The maximum atomic E-state index is 13.3. The van der Waals surface area contributed by atoms with E-state index < -0.39 is 0 Å². The number of nitrogens with zero attached hydrogens (tertiary/aromatic N) is 1. The van der Waals surface area contributed by atoms with Crippen LogP contribution in [0.2, 0.25) is 0 Å². The molecule has 0 radical (unpaired) electrons. The highest BCUT2D eigenvalue weighted by Crippen LogP contribution is 2.24. The van der Waals surface area contributed by atoms with E-state index in [1.165, 1.54) is 13.2 Å². The Labute approximate surface area is 111 Å². The Kier molecular flexibility index (Phi) is 4.18. The summed E-state index contributed by atoms with van der Waals surface area (Å²) in [6.07, 6.45) is 1.71. The molecule has 0 amide bonds. The molecular formula is C14H16FN3O. The first-order valence-corrected chi connectivity index (χ1v) is 6.03. The monoisotopic (exact) mass is 261 g/mol. The minimum absolute atomic E-state index is 0.214. The quantitative estimate of drug-likeness (QED) is 0.866. The SMILES string of the molecule is CCNc1cc(Nc2ccc(F)c(OC)c2)ccn1. The predicted octanol–water partition coefficient (Wildman–Crippen LogP) is 3.40. The van der Waals surface area contributed by atoms with Crippen LogP contribution in [0, 0.1) is 5.82 Å². The lowest BCUT2D eigenvalue weighted by Crippen LogP contribution is -2.00. The molecule has 0 aliphatic heterocycles. The number of aromatic nitrogens is 1. The maximum absolute atomic E-state index is 13.3. The topological polar surface area (TPSA) is 46.2 Å². The lowest BCUT2D eigenvalue weighted by atomic mass is 10.2. The molecule has 0 fully saturated rings. The van der Waals surface area contributed by atoms with Gasteiger partial charge in [0.15, 0.2) is 11.6 Å². The Bertz CT molecular complexity index is 560. The number of halogens is 1. The van der Waals surface area contributed by atoms with Crippen molar-refractivity contribution in [2.24, 2.45) is 0 Å². The lowest BCUT2D eigenvalue weighted by Gasteiger charge is -2.10. The molecule has 0 unspecified atom stereocenters. The summed E-state index contributed by atoms with van der Waals surface area (Å²) in [4.78, 5) is 4.18. The van der Waals surface area contributed by atoms with Crippen molar-refractivity contribution in [2.45, 2.75) is 6.92 Å². The van der Waals surface area contributed by atoms with Crippen molar-refractivity contribution in [2.75, 3.05) is 24.3 Å². The Hall–Kier alpha value is -2.30. The first kappa shape index (κ1) is 13.1. The summed E-state index contributed by atoms with van der Waals surface area (Å²) in [5.74, 6) is 0.628. The van der Waals surface area contributed by atoms with E-state index in [2.05, 4.69) is 15.6 Å². The highest BCUT2D eigenvalue weighted by molar-refractivity contribution is 5.63. The van der Waals surface area contributed by atoms with Crippen LogP contribution in [0.4, 0.5) is 21.6 Å². The molecule has 0 saturated carbocycles. The van der Waals surface area contributed by atoms with E-state index in [1.807, 2.05) is 19.1 Å². The van der Waals surface area contributed by atoms with Gasteiger partial charge in [-0.15, -0.1) is 0 Å². The molecule has 0 aliphatic carbocycles. The van der Waals surface area contributed by atoms with Crippen molar-refractivity contribution in [3.05, 3.63) is 42.3 Å². The van der Waals surface area contributed by atoms with Gasteiger partial charge in [-0.2, -0.15) is 0 Å². The first-order chi connectivity index (χ1) is 9.22. The Morgan fingerprint density at radius 2 is 2.00 bits per heavy atom. The fourth-order valence-electron chi connectivity index (χ4n) is 1.69. The summed E-state index contributed by atoms with van der Waals surface area (Å²) < 4.78 is 18.2. The molecule has 0 spiro atoms. The molecule has 100 valence electrons. The van der Waals surface area contributed by atoms with Gasteiger partial charge in [0.2, 0.25) is 0 Å². The third kappa shape index (κ3) is 3.34. The predicted molar refractivity (Wildman–Crippen MR) is 74.6 cm³/mol. The molecule has 4 nitrogen and oxygen atoms in total. The zero-order valence-electron chi connectivity index (χ0n) is 10.9. The number of hydrogen-bond acceptors (Lipinski definition) is 4. The fraction of sp³-hybridized carbons (Fsp3) is 0.214. The second-order valence-electron chi connectivity index (χ2n) is 3.93. The second kappa shape index (κ2) is 6.04. The van der Waals surface area contributed by atoms with E-state index in [-0.39, 0.29) is 11.6 Å². The van der Waals surface area contributed by atoms with Crippen LogP contribution < -0.4 is 15.4 Å². The third-order valence-corrected chi connectivity index (χ3v) is 2.56. The zero-order valence-corrected chi connectivity index (χ0v) is 10.9. The summed E-state index contributed by atoms with van der Waals surface area (Å²) in [5, 5.41) is 6.31. The molecule has 5 heteroatoms. The van der Waals surface area contributed by atoms with Gasteiger partial charge in [-0.1, -0.05) is 0 Å². The molecule has 0 bridgehead atoms. The molecule has 0 atom stereocenters. The van der Waals surface area contributed by atoms with Crippen LogP contribution >= 0.6 is 0 Å². The van der Waals surface area contributed by atoms with Crippen LogP contribution in [0.3, 0.4) is 0 Å². The largest absolute Gasteiger partial charge is 0.494 e. The molecule has 1 aromatic carbocycles. The van der Waals surface area contributed by atoms with Crippen LogP contribution in [0.1, 0.15) is 6.92 Å². The molecule has 1 aromatic heterocycles. The molecule has 0 saturated heterocycles. The Morgan fingerprint density at radius 1 is 1.21 bits per heavy atom. The molecule has 1 heterocycles. The number of anilines is 3. The average Bonchev–Trinajstić information content (AvgIpc) is 2.42. The third-order valence-electron chi connectivity index (χ3n) is 2.56. The van der Waals surface area contributed by atoms with E-state index in [0.717, 1.165) is 23.7 Å². The van der Waals surface area contributed by atoms with Crippen LogP contribution in [0.5, 0.6) is 5.75 Å². The van der Waals surface area contributed by atoms with Gasteiger partial charge in [-0.05, 0) is 25.1 Å². The fourth-order valence-corrected chi connectivity index (χ4v) is 1.69. The van der Waals surface area contributed by atoms with E-state index >= 15 is 0 Å². The summed E-state index contributed by atoms with van der Waals surface area (Å²) in [7, 11) is 1.44. The average molecular weight is 261 g/mol. The minimum Gasteiger partial charge on any atom is -0.494 e. The molecule has 2 N–H and O–H groups in total. The van der Waals surface area contributed by atoms with Gasteiger partial charge in [0.1, 0.15) is 5.82 Å². The molecule has 2 aromatic rings. The van der Waals surface area contributed by atoms with Crippen molar-refractivity contribution in [1.82, 2.24) is 4.98 Å². The highest BCUT2D eigenvalue weighted by Gasteiger charge is 2.04. The van der Waals surface area contributed by atoms with Crippen molar-refractivity contribution in [3.63, 3.8) is 0 Å². The van der Waals surface area contributed by atoms with E-state index in [9.17, 15) is 4.39 Å². The number of rotatable bonds is 5. The van der Waals surface area contributed by atoms with E-state index in [4.69, 9.17) is 4.74 Å². The van der Waals surface area contributed by atoms with Crippen molar-refractivity contribution >= 4 is 17.2 Å². The number of ether oxygens (including phenoxy) is 1. The summed E-state index contributed by atoms with van der Waals surface area (Å²) in [6, 6.07) is 8.37. The Morgan fingerprint density at radius 3 is 2.74 bits per heavy atom. The summed E-state index contributed by atoms with van der Waals surface area (Å²) in [6.45, 7) is 2.81. The second-order valence-corrected chi connectivity index (χ2v) is 3.93. The van der Waals surface area contributed by atoms with Gasteiger partial charge in [-0.3, -0.25) is 0 Å². The summed E-state index contributed by atoms with van der Waals surface area (Å²) >= 11 is 0. The molecule has 2 rings (SSSR count). The van der Waals surface area contributed by atoms with Crippen molar-refractivity contribution < 1.29 is 9.13 Å². The van der Waals surface area contributed by atoms with Crippen molar-refractivity contribution in [1.29, 1.82) is 0 Å². The van der Waals surface area contributed by atoms with Crippen LogP contribution in [-0.2, 0) is 0 Å². The lowest BCUT2D eigenvalue weighted by molar-refractivity contribution is 0.387. The number of nitrogens with one attached hydrogen (secondary N) is 2. The molecular weight excluding hydrogens is 245 g/mol. The normalized spacial score (nSPS) is 10.1. The molecule has 19 heavy (non-hydrogen) atoms. The van der Waals surface area contributed by atoms with Crippen LogP contribution in [-0.4, -0.2) is 18.6 Å². The van der Waals surface area contributed by atoms with Crippen LogP contribution in [0.15, 0.2) is 36.5 Å². The highest BCUT2D eigenvalue weighted by atomic mass is 19.1. The van der Waals surface area contributed by atoms with E-state index in [0.29, 0.717) is 0 Å². The van der Waals surface area contributed by atoms with Gasteiger partial charge in [-0.25, -0.2) is 9.37 Å². The number of hydrogen-bond donors (Lipinski definition) is 2. The van der Waals surface area contributed by atoms with E-state index in [1.54, 1.807) is 18.3 Å². The summed E-state index contributed by atoms with van der Waals surface area (Å²) in [5.41, 5.74) is 1.63. The van der Waals surface area contributed by atoms with Gasteiger partial charge < -0.3 is 15.4 Å². The first-order valence-electron chi connectivity index (χ1n) is 6.03. The zero-order chi connectivity index (χ0) is 13.7. The maximum Gasteiger partial charge on any atom is 0.165 e. The minimum atomic E-state index is -0.379. The smallest absolute Gasteiger partial charge is 0.165 e.